The molecule has 19 heavy (non-hydrogen) atoms. The second-order valence-corrected chi connectivity index (χ2v) is 5.16. The Bertz CT molecular complexity index is 363. The molecule has 0 radical (unpaired) electrons. The maximum atomic E-state index is 4.26. The van der Waals surface area contributed by atoms with Gasteiger partial charge in [-0.05, 0) is 31.8 Å². The monoisotopic (exact) mass is 263 g/mol. The van der Waals surface area contributed by atoms with E-state index in [-0.39, 0.29) is 0 Å². The highest BCUT2D eigenvalue weighted by Crippen LogP contribution is 2.12. The first-order valence-corrected chi connectivity index (χ1v) is 7.39. The lowest BCUT2D eigenvalue weighted by Crippen LogP contribution is -2.17. The second-order valence-electron chi connectivity index (χ2n) is 5.16. The van der Waals surface area contributed by atoms with Gasteiger partial charge in [-0.3, -0.25) is 0 Å². The van der Waals surface area contributed by atoms with E-state index in [1.54, 1.807) is 6.33 Å². The van der Waals surface area contributed by atoms with Crippen LogP contribution in [-0.2, 0) is 0 Å². The number of nitrogens with one attached hydrogen (secondary N) is 3. The molecule has 0 aromatic carbocycles. The number of nitrogens with zero attached hydrogens (tertiary/aromatic N) is 2. The van der Waals surface area contributed by atoms with Gasteiger partial charge in [0.25, 0.3) is 0 Å². The Morgan fingerprint density at radius 3 is 2.84 bits per heavy atom. The topological polar surface area (TPSA) is 61.9 Å². The van der Waals surface area contributed by atoms with Crippen LogP contribution in [0.15, 0.2) is 12.4 Å². The van der Waals surface area contributed by atoms with Crippen LogP contribution in [0.3, 0.4) is 0 Å². The molecule has 5 nitrogen and oxygen atoms in total. The van der Waals surface area contributed by atoms with Crippen LogP contribution in [0.2, 0.25) is 0 Å². The first kappa shape index (κ1) is 14.1. The molecule has 0 bridgehead atoms. The van der Waals surface area contributed by atoms with Gasteiger partial charge in [0, 0.05) is 19.2 Å². The molecule has 1 aliphatic heterocycles. The summed E-state index contributed by atoms with van der Waals surface area (Å²) in [4.78, 5) is 8.50. The van der Waals surface area contributed by atoms with Gasteiger partial charge in [0.15, 0.2) is 0 Å². The Morgan fingerprint density at radius 2 is 2.11 bits per heavy atom. The van der Waals surface area contributed by atoms with Crippen molar-refractivity contribution in [3.05, 3.63) is 12.4 Å². The molecule has 2 heterocycles. The standard InChI is InChI=1S/C14H25N5/c1-2-3-4-6-16-13-8-14(19-11-18-13)17-10-12-5-7-15-9-12/h8,11-12,15H,2-7,9-10H2,1H3,(H2,16,17,18,19). The maximum absolute atomic E-state index is 4.26. The van der Waals surface area contributed by atoms with Crippen molar-refractivity contribution in [3.63, 3.8) is 0 Å². The fraction of sp³-hybridized carbons (Fsp3) is 0.714. The minimum absolute atomic E-state index is 0.718. The number of unbranched alkanes of at least 4 members (excludes halogenated alkanes) is 2. The van der Waals surface area contributed by atoms with Crippen LogP contribution >= 0.6 is 0 Å². The SMILES string of the molecule is CCCCCNc1cc(NCC2CCNC2)ncn1. The number of aromatic nitrogens is 2. The molecule has 1 saturated heterocycles. The quantitative estimate of drug-likeness (QED) is 0.627. The summed E-state index contributed by atoms with van der Waals surface area (Å²) in [5.74, 6) is 2.55. The molecule has 0 spiro atoms. The Morgan fingerprint density at radius 1 is 1.26 bits per heavy atom. The highest BCUT2D eigenvalue weighted by Gasteiger charge is 2.13. The predicted octanol–water partition coefficient (Wildman–Crippen LogP) is 2.10. The van der Waals surface area contributed by atoms with Gasteiger partial charge in [-0.25, -0.2) is 9.97 Å². The van der Waals surface area contributed by atoms with Crippen LogP contribution < -0.4 is 16.0 Å². The fourth-order valence-electron chi connectivity index (χ4n) is 2.28. The normalized spacial score (nSPS) is 18.5. The van der Waals surface area contributed by atoms with Crippen molar-refractivity contribution in [1.29, 1.82) is 0 Å². The lowest BCUT2D eigenvalue weighted by molar-refractivity contribution is 0.614. The van der Waals surface area contributed by atoms with Crippen molar-refractivity contribution in [1.82, 2.24) is 15.3 Å². The predicted molar refractivity (Wildman–Crippen MR) is 79.5 cm³/mol. The van der Waals surface area contributed by atoms with Gasteiger partial charge >= 0.3 is 0 Å². The average Bonchev–Trinajstić information content (AvgIpc) is 2.95. The highest BCUT2D eigenvalue weighted by molar-refractivity contribution is 5.46. The number of rotatable bonds is 8. The molecule has 0 amide bonds. The van der Waals surface area contributed by atoms with Gasteiger partial charge in [-0.1, -0.05) is 19.8 Å². The summed E-state index contributed by atoms with van der Waals surface area (Å²) in [6.45, 7) is 6.43. The van der Waals surface area contributed by atoms with E-state index in [0.29, 0.717) is 0 Å². The zero-order valence-electron chi connectivity index (χ0n) is 11.8. The van der Waals surface area contributed by atoms with E-state index in [1.807, 2.05) is 6.07 Å². The molecule has 1 aliphatic rings. The summed E-state index contributed by atoms with van der Waals surface area (Å²) in [7, 11) is 0. The highest BCUT2D eigenvalue weighted by atomic mass is 15.1. The smallest absolute Gasteiger partial charge is 0.131 e. The molecule has 1 aromatic rings. The third-order valence-corrected chi connectivity index (χ3v) is 3.49. The molecule has 1 unspecified atom stereocenters. The fourth-order valence-corrected chi connectivity index (χ4v) is 2.28. The first-order chi connectivity index (χ1) is 9.38. The van der Waals surface area contributed by atoms with Crippen LogP contribution in [0.1, 0.15) is 32.6 Å². The van der Waals surface area contributed by atoms with Crippen molar-refractivity contribution in [2.45, 2.75) is 32.6 Å². The summed E-state index contributed by atoms with van der Waals surface area (Å²) in [5, 5.41) is 10.1. The van der Waals surface area contributed by atoms with Crippen molar-refractivity contribution >= 4 is 11.6 Å². The van der Waals surface area contributed by atoms with Crippen LogP contribution in [0.25, 0.3) is 0 Å². The molecule has 106 valence electrons. The first-order valence-electron chi connectivity index (χ1n) is 7.39. The van der Waals surface area contributed by atoms with E-state index < -0.39 is 0 Å². The van der Waals surface area contributed by atoms with E-state index in [0.717, 1.165) is 43.7 Å². The molecular weight excluding hydrogens is 238 g/mol. The average molecular weight is 263 g/mol. The van der Waals surface area contributed by atoms with Gasteiger partial charge in [-0.15, -0.1) is 0 Å². The van der Waals surface area contributed by atoms with E-state index in [2.05, 4.69) is 32.8 Å². The third kappa shape index (κ3) is 5.03. The van der Waals surface area contributed by atoms with Gasteiger partial charge < -0.3 is 16.0 Å². The Hall–Kier alpha value is -1.36. The summed E-state index contributed by atoms with van der Waals surface area (Å²) in [6, 6.07) is 1.99. The lowest BCUT2D eigenvalue weighted by atomic mass is 10.1. The zero-order chi connectivity index (χ0) is 13.3. The van der Waals surface area contributed by atoms with Crippen molar-refractivity contribution < 1.29 is 0 Å². The van der Waals surface area contributed by atoms with E-state index in [4.69, 9.17) is 0 Å². The maximum Gasteiger partial charge on any atom is 0.131 e. The molecule has 1 atom stereocenters. The summed E-state index contributed by atoms with van der Waals surface area (Å²) in [6.07, 6.45) is 6.57. The van der Waals surface area contributed by atoms with E-state index >= 15 is 0 Å². The Balaban J connectivity index is 1.74. The molecule has 0 aliphatic carbocycles. The molecule has 1 aromatic heterocycles. The van der Waals surface area contributed by atoms with Crippen LogP contribution in [0.4, 0.5) is 11.6 Å². The van der Waals surface area contributed by atoms with Crippen LogP contribution in [-0.4, -0.2) is 36.1 Å². The van der Waals surface area contributed by atoms with Gasteiger partial charge in [0.05, 0.1) is 0 Å². The zero-order valence-corrected chi connectivity index (χ0v) is 11.8. The lowest BCUT2D eigenvalue weighted by Gasteiger charge is -2.11. The van der Waals surface area contributed by atoms with E-state index in [9.17, 15) is 0 Å². The number of hydrogen-bond acceptors (Lipinski definition) is 5. The molecule has 3 N–H and O–H groups in total. The molecular formula is C14H25N5. The minimum Gasteiger partial charge on any atom is -0.370 e. The van der Waals surface area contributed by atoms with Gasteiger partial charge in [-0.2, -0.15) is 0 Å². The van der Waals surface area contributed by atoms with Crippen molar-refractivity contribution in [2.24, 2.45) is 5.92 Å². The van der Waals surface area contributed by atoms with Crippen LogP contribution in [0.5, 0.6) is 0 Å². The summed E-state index contributed by atoms with van der Waals surface area (Å²) < 4.78 is 0. The van der Waals surface area contributed by atoms with Crippen molar-refractivity contribution in [2.75, 3.05) is 36.8 Å². The minimum atomic E-state index is 0.718. The van der Waals surface area contributed by atoms with E-state index in [1.165, 1.54) is 25.7 Å². The Kier molecular flexibility index (Phi) is 5.88. The largest absolute Gasteiger partial charge is 0.370 e. The molecule has 2 rings (SSSR count). The van der Waals surface area contributed by atoms with Gasteiger partial charge in [0.1, 0.15) is 18.0 Å². The second kappa shape index (κ2) is 7.94. The van der Waals surface area contributed by atoms with Gasteiger partial charge in [0.2, 0.25) is 0 Å². The molecule has 5 heteroatoms. The van der Waals surface area contributed by atoms with Crippen molar-refractivity contribution in [3.8, 4) is 0 Å². The molecule has 0 saturated carbocycles. The summed E-state index contributed by atoms with van der Waals surface area (Å²) >= 11 is 0. The molecule has 1 fully saturated rings. The Labute approximate surface area is 115 Å². The number of hydrogen-bond donors (Lipinski definition) is 3. The number of anilines is 2. The third-order valence-electron chi connectivity index (χ3n) is 3.49. The summed E-state index contributed by atoms with van der Waals surface area (Å²) in [5.41, 5.74) is 0. The van der Waals surface area contributed by atoms with Crippen LogP contribution in [0, 0.1) is 5.92 Å².